The molecule has 0 saturated heterocycles. The van der Waals surface area contributed by atoms with E-state index in [1.54, 1.807) is 0 Å². The molecular weight excluding hydrogens is 367 g/mol. The van der Waals surface area contributed by atoms with Gasteiger partial charge in [0.2, 0.25) is 0 Å². The predicted octanol–water partition coefficient (Wildman–Crippen LogP) is 2.44. The van der Waals surface area contributed by atoms with Gasteiger partial charge >= 0.3 is 0 Å². The normalized spacial score (nSPS) is 15.3. The Bertz CT molecular complexity index is 500. The Balaban J connectivity index is 0.000000853. The first-order valence-electron chi connectivity index (χ1n) is 4.76. The second-order valence-electron chi connectivity index (χ2n) is 4.14. The molecule has 1 aliphatic rings. The van der Waals surface area contributed by atoms with Crippen molar-refractivity contribution in [2.24, 2.45) is 0 Å². The first kappa shape index (κ1) is 10.6. The van der Waals surface area contributed by atoms with E-state index in [0.717, 1.165) is 11.4 Å². The Labute approximate surface area is 104 Å². The summed E-state index contributed by atoms with van der Waals surface area (Å²) >= 11 is 0. The van der Waals surface area contributed by atoms with Crippen molar-refractivity contribution >= 4 is 0 Å². The molecule has 0 N–H and O–H groups in total. The fourth-order valence-corrected chi connectivity index (χ4v) is 2.20. The zero-order valence-electron chi connectivity index (χ0n) is 8.60. The molecule has 0 saturated carbocycles. The third-order valence-corrected chi connectivity index (χ3v) is 2.98. The maximum Gasteiger partial charge on any atom is 0.0417 e. The largest absolute Gasteiger partial charge is 0.412 e. The first-order valence-corrected chi connectivity index (χ1v) is 4.76. The van der Waals surface area contributed by atoms with E-state index in [-0.39, 0.29) is 26.6 Å². The van der Waals surface area contributed by atoms with Gasteiger partial charge in [-0.3, -0.25) is 0 Å². The summed E-state index contributed by atoms with van der Waals surface area (Å²) in [5, 5.41) is 0. The Morgan fingerprint density at radius 1 is 1.40 bits per heavy atom. The number of hydrogen-bond acceptors (Lipinski definition) is 1. The molecule has 0 atom stereocenters. The molecule has 80 valence electrons. The molecule has 0 radical (unpaired) electrons. The van der Waals surface area contributed by atoms with E-state index >= 15 is 0 Å². The third-order valence-electron chi connectivity index (χ3n) is 2.98. The van der Waals surface area contributed by atoms with Crippen molar-refractivity contribution in [3.8, 4) is 11.4 Å². The van der Waals surface area contributed by atoms with Crippen molar-refractivity contribution < 1.29 is 21.1 Å². The number of nitrogens with zero attached hydrogens (tertiary/aromatic N) is 2. The van der Waals surface area contributed by atoms with Crippen LogP contribution in [0.2, 0.25) is 0 Å². The van der Waals surface area contributed by atoms with Gasteiger partial charge in [0.15, 0.2) is 0 Å². The summed E-state index contributed by atoms with van der Waals surface area (Å²) in [7, 11) is 0. The van der Waals surface area contributed by atoms with Crippen molar-refractivity contribution in [3.63, 3.8) is 0 Å². The Kier molecular flexibility index (Phi) is 2.35. The van der Waals surface area contributed by atoms with Crippen LogP contribution in [0.5, 0.6) is 0 Å². The summed E-state index contributed by atoms with van der Waals surface area (Å²) in [6.07, 6.45) is 3.91. The first-order chi connectivity index (χ1) is 6.71. The minimum atomic E-state index is 0. The van der Waals surface area contributed by atoms with Crippen LogP contribution in [0, 0.1) is 6.07 Å². The number of hydrogen-bond donors (Lipinski definition) is 0. The molecule has 1 aliphatic heterocycles. The van der Waals surface area contributed by atoms with Gasteiger partial charge < -0.3 is 9.55 Å². The van der Waals surface area contributed by atoms with Crippen molar-refractivity contribution in [1.82, 2.24) is 9.55 Å². The molecule has 0 bridgehead atoms. The minimum absolute atomic E-state index is 0. The monoisotopic (exact) mass is 378 g/mol. The van der Waals surface area contributed by atoms with E-state index in [9.17, 15) is 0 Å². The molecule has 2 aromatic heterocycles. The number of pyridine rings is 1. The zero-order valence-corrected chi connectivity index (χ0v) is 10.9. The third kappa shape index (κ3) is 1.24. The van der Waals surface area contributed by atoms with E-state index < -0.39 is 0 Å². The van der Waals surface area contributed by atoms with Crippen LogP contribution >= 0.6 is 0 Å². The molecule has 0 aromatic carbocycles. The Hall–Kier alpha value is -0.882. The van der Waals surface area contributed by atoms with Crippen LogP contribution < -0.4 is 0 Å². The molecule has 3 heteroatoms. The smallest absolute Gasteiger partial charge is 0.0417 e. The molecular formula is C12H11N2Pt-. The number of aromatic nitrogens is 2. The fraction of sp³-hybridized carbons (Fsp3) is 0.250. The summed E-state index contributed by atoms with van der Waals surface area (Å²) in [5.41, 5.74) is 3.47. The van der Waals surface area contributed by atoms with Gasteiger partial charge in [0.1, 0.15) is 0 Å². The zero-order chi connectivity index (χ0) is 9.76. The SMILES string of the molecule is CC1(C)c2cccnc2-c2[c-]ccn21.[Pt]. The van der Waals surface area contributed by atoms with Crippen LogP contribution in [0.25, 0.3) is 11.4 Å². The van der Waals surface area contributed by atoms with Crippen LogP contribution in [0.15, 0.2) is 30.6 Å². The van der Waals surface area contributed by atoms with Crippen LogP contribution in [-0.4, -0.2) is 9.55 Å². The summed E-state index contributed by atoms with van der Waals surface area (Å²) in [6, 6.07) is 9.32. The summed E-state index contributed by atoms with van der Waals surface area (Å²) < 4.78 is 2.23. The molecule has 2 aromatic rings. The van der Waals surface area contributed by atoms with E-state index in [1.165, 1.54) is 5.56 Å². The van der Waals surface area contributed by atoms with Crippen molar-refractivity contribution in [1.29, 1.82) is 0 Å². The van der Waals surface area contributed by atoms with Crippen molar-refractivity contribution in [3.05, 3.63) is 42.2 Å². The van der Waals surface area contributed by atoms with E-state index in [0.29, 0.717) is 0 Å². The second-order valence-corrected chi connectivity index (χ2v) is 4.14. The molecule has 0 spiro atoms. The number of fused-ring (bicyclic) bond motifs is 3. The van der Waals surface area contributed by atoms with Crippen molar-refractivity contribution in [2.45, 2.75) is 19.4 Å². The molecule has 3 rings (SSSR count). The van der Waals surface area contributed by atoms with E-state index in [2.05, 4.69) is 41.7 Å². The predicted molar refractivity (Wildman–Crippen MR) is 54.9 cm³/mol. The average Bonchev–Trinajstić information content (AvgIpc) is 2.72. The van der Waals surface area contributed by atoms with Crippen LogP contribution in [-0.2, 0) is 26.6 Å². The maximum atomic E-state index is 4.42. The van der Waals surface area contributed by atoms with Crippen LogP contribution in [0.3, 0.4) is 0 Å². The molecule has 3 heterocycles. The van der Waals surface area contributed by atoms with Gasteiger partial charge in [-0.15, -0.1) is 0 Å². The quantitative estimate of drug-likeness (QED) is 0.644. The molecule has 0 fully saturated rings. The van der Waals surface area contributed by atoms with Gasteiger partial charge in [0, 0.05) is 32.8 Å². The second kappa shape index (κ2) is 3.31. The molecule has 15 heavy (non-hydrogen) atoms. The van der Waals surface area contributed by atoms with Gasteiger partial charge in [-0.1, -0.05) is 23.5 Å². The topological polar surface area (TPSA) is 17.8 Å². The van der Waals surface area contributed by atoms with Gasteiger partial charge in [-0.2, -0.15) is 12.1 Å². The van der Waals surface area contributed by atoms with Gasteiger partial charge in [-0.25, -0.2) is 0 Å². The Morgan fingerprint density at radius 2 is 2.20 bits per heavy atom. The average molecular weight is 378 g/mol. The van der Waals surface area contributed by atoms with Crippen LogP contribution in [0.4, 0.5) is 0 Å². The molecule has 0 aliphatic carbocycles. The molecule has 0 unspecified atom stereocenters. The fourth-order valence-electron chi connectivity index (χ4n) is 2.20. The minimum Gasteiger partial charge on any atom is -0.412 e. The summed E-state index contributed by atoms with van der Waals surface area (Å²) in [4.78, 5) is 4.42. The molecule has 2 nitrogen and oxygen atoms in total. The summed E-state index contributed by atoms with van der Waals surface area (Å²) in [5.74, 6) is 0. The maximum absolute atomic E-state index is 4.42. The van der Waals surface area contributed by atoms with Gasteiger partial charge in [0.25, 0.3) is 0 Å². The number of rotatable bonds is 0. The van der Waals surface area contributed by atoms with E-state index in [4.69, 9.17) is 0 Å². The Morgan fingerprint density at radius 3 is 3.00 bits per heavy atom. The standard InChI is InChI=1S/C12H11N2.Pt/c1-12(2)9-5-3-7-13-11(9)10-6-4-8-14(10)12;/h3-5,7-8H,1-2H3;/q-1;. The molecule has 0 amide bonds. The van der Waals surface area contributed by atoms with E-state index in [1.807, 2.05) is 18.3 Å². The summed E-state index contributed by atoms with van der Waals surface area (Å²) in [6.45, 7) is 4.41. The van der Waals surface area contributed by atoms with Crippen molar-refractivity contribution in [2.75, 3.05) is 0 Å². The van der Waals surface area contributed by atoms with Crippen LogP contribution in [0.1, 0.15) is 19.4 Å². The van der Waals surface area contributed by atoms with Gasteiger partial charge in [-0.05, 0) is 25.6 Å². The van der Waals surface area contributed by atoms with Gasteiger partial charge in [0.05, 0.1) is 0 Å².